The van der Waals surface area contributed by atoms with E-state index in [2.05, 4.69) is 61.8 Å². The molecule has 0 aliphatic carbocycles. The van der Waals surface area contributed by atoms with Gasteiger partial charge in [-0.2, -0.15) is 46.7 Å². The summed E-state index contributed by atoms with van der Waals surface area (Å²) >= 11 is 0. The number of nitrogens with one attached hydrogen (secondary N) is 6. The second-order valence-electron chi connectivity index (χ2n) is 13.7. The average molecular weight is 969 g/mol. The molecule has 2 aromatic heterocycles. The van der Waals surface area contributed by atoms with E-state index >= 15 is 0 Å². The van der Waals surface area contributed by atoms with Gasteiger partial charge in [-0.15, -0.1) is 0 Å². The van der Waals surface area contributed by atoms with Crippen LogP contribution in [0.1, 0.15) is 29.9 Å². The molecule has 364 valence electrons. The highest BCUT2D eigenvalue weighted by atomic mass is 32.2. The van der Waals surface area contributed by atoms with Crippen LogP contribution in [0.2, 0.25) is 0 Å². The van der Waals surface area contributed by atoms with Crippen LogP contribution in [-0.4, -0.2) is 182 Å². The highest BCUT2D eigenvalue weighted by molar-refractivity contribution is 7.86. The molecular formula is C38H56N12O14S2. The molecule has 2 unspecified atom stereocenters. The molecule has 0 aliphatic rings. The standard InChI is InChI=1S/C38H56N12O14S2/c1-25(23-53)42-36-48-35(41-10-14-62-18-20-64-16-12-52)49-38(50-36)44-29-8-6-27(32(22-29)66(58,59)60)4-3-26-5-7-28(21-31(26)65(55,56)57)43-37-46-33(30(24-54)39-2)45-34(47-37)40-9-13-61-17-19-63-15-11-51/h3-8,21-22,25,30,39,51-54H,9-20,23-24H2,1-2H3,(H,55,56,57)(H,58,59,60)(H2,40,43,45,46,47)(H3,41,42,44,48,49,50). The number of likely N-dealkylation sites (N-methyl/N-ethyl adjacent to an activating group) is 1. The van der Waals surface area contributed by atoms with E-state index in [4.69, 9.17) is 29.2 Å². The van der Waals surface area contributed by atoms with Crippen molar-refractivity contribution in [2.24, 2.45) is 0 Å². The minimum Gasteiger partial charge on any atom is -0.394 e. The van der Waals surface area contributed by atoms with Gasteiger partial charge in [0.1, 0.15) is 9.79 Å². The normalized spacial score (nSPS) is 12.8. The van der Waals surface area contributed by atoms with Crippen LogP contribution in [0.3, 0.4) is 0 Å². The van der Waals surface area contributed by atoms with Crippen LogP contribution in [0.15, 0.2) is 46.2 Å². The topological polar surface area (TPSA) is 376 Å². The summed E-state index contributed by atoms with van der Waals surface area (Å²) in [6, 6.07) is 6.60. The van der Waals surface area contributed by atoms with Crippen molar-refractivity contribution in [3.63, 3.8) is 0 Å². The fraction of sp³-hybridized carbons (Fsp3) is 0.474. The minimum absolute atomic E-state index is 0.0479. The third kappa shape index (κ3) is 18.1. The Morgan fingerprint density at radius 2 is 1.00 bits per heavy atom. The van der Waals surface area contributed by atoms with Gasteiger partial charge in [0.2, 0.25) is 29.7 Å². The fourth-order valence-corrected chi connectivity index (χ4v) is 6.87. The summed E-state index contributed by atoms with van der Waals surface area (Å²) in [6.07, 6.45) is 2.45. The summed E-state index contributed by atoms with van der Waals surface area (Å²) < 4.78 is 92.4. The highest BCUT2D eigenvalue weighted by Crippen LogP contribution is 2.28. The van der Waals surface area contributed by atoms with E-state index in [1.165, 1.54) is 36.4 Å². The minimum atomic E-state index is -4.90. The third-order valence-corrected chi connectivity index (χ3v) is 10.4. The van der Waals surface area contributed by atoms with Gasteiger partial charge in [-0.25, -0.2) is 0 Å². The summed E-state index contributed by atoms with van der Waals surface area (Å²) in [7, 11) is -8.21. The van der Waals surface area contributed by atoms with Gasteiger partial charge < -0.3 is 71.3 Å². The molecular weight excluding hydrogens is 913 g/mol. The number of nitrogens with zero attached hydrogens (tertiary/aromatic N) is 6. The molecule has 2 atom stereocenters. The van der Waals surface area contributed by atoms with E-state index in [1.54, 1.807) is 14.0 Å². The molecule has 12 N–H and O–H groups in total. The molecule has 26 nitrogen and oxygen atoms in total. The largest absolute Gasteiger partial charge is 0.394 e. The van der Waals surface area contributed by atoms with Crippen LogP contribution in [0, 0.1) is 0 Å². The van der Waals surface area contributed by atoms with Crippen LogP contribution in [-0.2, 0) is 39.2 Å². The van der Waals surface area contributed by atoms with Crippen molar-refractivity contribution in [3.8, 4) is 0 Å². The van der Waals surface area contributed by atoms with Gasteiger partial charge in [0.05, 0.1) is 85.3 Å². The summed E-state index contributed by atoms with van der Waals surface area (Å²) in [5.74, 6) is 0.314. The molecule has 4 rings (SSSR count). The third-order valence-electron chi connectivity index (χ3n) is 8.59. The van der Waals surface area contributed by atoms with Crippen molar-refractivity contribution in [1.29, 1.82) is 0 Å². The van der Waals surface area contributed by atoms with E-state index in [1.807, 2.05) is 0 Å². The summed E-state index contributed by atoms with van der Waals surface area (Å²) in [4.78, 5) is 24.8. The van der Waals surface area contributed by atoms with Gasteiger partial charge in [-0.05, 0) is 49.4 Å². The lowest BCUT2D eigenvalue weighted by atomic mass is 10.1. The lowest BCUT2D eigenvalue weighted by Crippen LogP contribution is -2.24. The maximum atomic E-state index is 12.7. The second-order valence-corrected chi connectivity index (χ2v) is 16.5. The first-order valence-electron chi connectivity index (χ1n) is 20.3. The van der Waals surface area contributed by atoms with Crippen molar-refractivity contribution in [2.45, 2.75) is 28.8 Å². The van der Waals surface area contributed by atoms with Crippen molar-refractivity contribution in [2.75, 3.05) is 126 Å². The van der Waals surface area contributed by atoms with Crippen molar-refractivity contribution < 1.29 is 65.3 Å². The van der Waals surface area contributed by atoms with E-state index in [0.717, 1.165) is 12.1 Å². The van der Waals surface area contributed by atoms with Gasteiger partial charge >= 0.3 is 0 Å². The molecule has 0 bridgehead atoms. The Bertz CT molecular complexity index is 2380. The number of ether oxygens (including phenoxy) is 4. The summed E-state index contributed by atoms with van der Waals surface area (Å²) in [5, 5.41) is 54.6. The highest BCUT2D eigenvalue weighted by Gasteiger charge is 2.20. The van der Waals surface area contributed by atoms with E-state index in [9.17, 15) is 36.2 Å². The first kappa shape index (κ1) is 53.3. The maximum Gasteiger partial charge on any atom is 0.295 e. The average Bonchev–Trinajstić information content (AvgIpc) is 3.27. The van der Waals surface area contributed by atoms with Crippen molar-refractivity contribution >= 4 is 73.5 Å². The van der Waals surface area contributed by atoms with Crippen LogP contribution in [0.25, 0.3) is 12.2 Å². The number of hydrogen-bond donors (Lipinski definition) is 12. The number of aromatic nitrogens is 6. The number of aliphatic hydroxyl groups is 4. The summed E-state index contributed by atoms with van der Waals surface area (Å²) in [6.45, 7) is 3.48. The van der Waals surface area contributed by atoms with Gasteiger partial charge in [-0.3, -0.25) is 9.11 Å². The molecule has 0 radical (unpaired) electrons. The van der Waals surface area contributed by atoms with Crippen molar-refractivity contribution in [3.05, 3.63) is 53.3 Å². The predicted octanol–water partition coefficient (Wildman–Crippen LogP) is 0.128. The number of hydrogen-bond acceptors (Lipinski definition) is 24. The van der Waals surface area contributed by atoms with E-state index in [0.29, 0.717) is 13.2 Å². The number of anilines is 7. The smallest absolute Gasteiger partial charge is 0.295 e. The molecule has 0 aliphatic heterocycles. The zero-order chi connectivity index (χ0) is 48.0. The number of rotatable bonds is 32. The molecule has 66 heavy (non-hydrogen) atoms. The number of aliphatic hydroxyl groups excluding tert-OH is 4. The molecule has 0 fully saturated rings. The quantitative estimate of drug-likeness (QED) is 0.0176. The van der Waals surface area contributed by atoms with Crippen LogP contribution >= 0.6 is 0 Å². The fourth-order valence-electron chi connectivity index (χ4n) is 5.45. The van der Waals surface area contributed by atoms with E-state index in [-0.39, 0.29) is 137 Å². The number of benzene rings is 2. The molecule has 28 heteroatoms. The molecule has 4 aromatic rings. The van der Waals surface area contributed by atoms with Crippen LogP contribution in [0.4, 0.5) is 41.1 Å². The van der Waals surface area contributed by atoms with Gasteiger partial charge in [0.25, 0.3) is 20.2 Å². The molecule has 0 amide bonds. The Morgan fingerprint density at radius 3 is 1.44 bits per heavy atom. The lowest BCUT2D eigenvalue weighted by molar-refractivity contribution is 0.0360. The van der Waals surface area contributed by atoms with Gasteiger partial charge in [0, 0.05) is 30.5 Å². The lowest BCUT2D eigenvalue weighted by Gasteiger charge is -2.15. The summed E-state index contributed by atoms with van der Waals surface area (Å²) in [5.41, 5.74) is 0.103. The second kappa shape index (κ2) is 27.3. The Hall–Kier alpha value is -5.34. The Kier molecular flexibility index (Phi) is 22.1. The molecule has 0 spiro atoms. The monoisotopic (exact) mass is 968 g/mol. The van der Waals surface area contributed by atoms with Crippen LogP contribution < -0.4 is 31.9 Å². The Morgan fingerprint density at radius 1 is 0.576 bits per heavy atom. The van der Waals surface area contributed by atoms with Gasteiger partial charge in [0.15, 0.2) is 5.82 Å². The zero-order valence-electron chi connectivity index (χ0n) is 36.1. The van der Waals surface area contributed by atoms with Crippen LogP contribution in [0.5, 0.6) is 0 Å². The predicted molar refractivity (Wildman–Crippen MR) is 241 cm³/mol. The first-order chi connectivity index (χ1) is 31.7. The molecule has 0 saturated heterocycles. The Balaban J connectivity index is 1.56. The van der Waals surface area contributed by atoms with Crippen molar-refractivity contribution in [1.82, 2.24) is 35.2 Å². The molecule has 2 heterocycles. The Labute approximate surface area is 381 Å². The zero-order valence-corrected chi connectivity index (χ0v) is 37.8. The van der Waals surface area contributed by atoms with E-state index < -0.39 is 42.1 Å². The molecule has 2 aromatic carbocycles. The first-order valence-corrected chi connectivity index (χ1v) is 23.2. The SMILES string of the molecule is CNC(CO)c1nc(NCCOCCOCCO)nc(Nc2ccc(C=Cc3ccc(Nc4nc(NCCOCCOCCO)nc(NC(C)CO)n4)cc3S(=O)(=O)O)c(S(=O)(=O)O)c2)n1. The van der Waals surface area contributed by atoms with Gasteiger partial charge in [-0.1, -0.05) is 24.3 Å². The maximum absolute atomic E-state index is 12.7. The molecule has 0 saturated carbocycles.